The zero-order chi connectivity index (χ0) is 18.5. The molecule has 0 aliphatic rings. The summed E-state index contributed by atoms with van der Waals surface area (Å²) in [7, 11) is 0. The molecule has 2 aromatic carbocycles. The van der Waals surface area contributed by atoms with Crippen LogP contribution in [0.1, 0.15) is 17.3 Å². The van der Waals surface area contributed by atoms with Gasteiger partial charge in [0.1, 0.15) is 0 Å². The maximum Gasteiger partial charge on any atom is 0.192 e. The lowest BCUT2D eigenvalue weighted by Gasteiger charge is -2.12. The van der Waals surface area contributed by atoms with Gasteiger partial charge in [0.2, 0.25) is 0 Å². The van der Waals surface area contributed by atoms with Crippen molar-refractivity contribution in [1.82, 2.24) is 14.8 Å². The van der Waals surface area contributed by atoms with Crippen LogP contribution in [0.25, 0.3) is 11.4 Å². The Labute approximate surface area is 156 Å². The molecule has 0 saturated heterocycles. The number of hydrogen-bond acceptors (Lipinski definition) is 5. The Morgan fingerprint density at radius 2 is 1.88 bits per heavy atom. The first kappa shape index (κ1) is 17.9. The summed E-state index contributed by atoms with van der Waals surface area (Å²) in [6, 6.07) is 16.8. The lowest BCUT2D eigenvalue weighted by molar-refractivity contribution is 0.0994. The van der Waals surface area contributed by atoms with Crippen LogP contribution in [-0.4, -0.2) is 25.8 Å². The first-order valence-electron chi connectivity index (χ1n) is 8.26. The summed E-state index contributed by atoms with van der Waals surface area (Å²) in [6.07, 6.45) is 1.79. The maximum atomic E-state index is 12.6. The minimum Gasteiger partial charge on any atom is -0.399 e. The van der Waals surface area contributed by atoms with E-state index in [4.69, 9.17) is 5.73 Å². The average Bonchev–Trinajstić information content (AvgIpc) is 3.05. The molecule has 3 rings (SSSR count). The van der Waals surface area contributed by atoms with Gasteiger partial charge < -0.3 is 5.73 Å². The lowest BCUT2D eigenvalue weighted by Crippen LogP contribution is -2.14. The molecule has 6 heteroatoms. The lowest BCUT2D eigenvalue weighted by atomic mass is 10.1. The van der Waals surface area contributed by atoms with E-state index in [9.17, 15) is 4.79 Å². The van der Waals surface area contributed by atoms with Crippen molar-refractivity contribution in [3.63, 3.8) is 0 Å². The number of rotatable bonds is 7. The molecule has 1 atom stereocenters. The molecule has 26 heavy (non-hydrogen) atoms. The predicted octanol–water partition coefficient (Wildman–Crippen LogP) is 4.08. The van der Waals surface area contributed by atoms with E-state index >= 15 is 0 Å². The predicted molar refractivity (Wildman–Crippen MR) is 106 cm³/mol. The van der Waals surface area contributed by atoms with E-state index < -0.39 is 0 Å². The number of aromatic nitrogens is 3. The second kappa shape index (κ2) is 8.01. The van der Waals surface area contributed by atoms with Gasteiger partial charge in [-0.2, -0.15) is 0 Å². The van der Waals surface area contributed by atoms with Gasteiger partial charge in [0, 0.05) is 23.4 Å². The van der Waals surface area contributed by atoms with E-state index in [1.54, 1.807) is 6.08 Å². The van der Waals surface area contributed by atoms with Gasteiger partial charge in [-0.3, -0.25) is 9.36 Å². The molecular formula is C20H20N4OS. The summed E-state index contributed by atoms with van der Waals surface area (Å²) in [4.78, 5) is 12.6. The van der Waals surface area contributed by atoms with Crippen molar-refractivity contribution >= 4 is 23.2 Å². The number of nitrogens with zero attached hydrogens (tertiary/aromatic N) is 3. The van der Waals surface area contributed by atoms with Crippen LogP contribution in [-0.2, 0) is 6.54 Å². The molecule has 1 aromatic heterocycles. The zero-order valence-electron chi connectivity index (χ0n) is 14.5. The van der Waals surface area contributed by atoms with E-state index in [0.29, 0.717) is 23.0 Å². The fourth-order valence-electron chi connectivity index (χ4n) is 2.56. The third kappa shape index (κ3) is 3.86. The van der Waals surface area contributed by atoms with Gasteiger partial charge in [-0.05, 0) is 31.2 Å². The van der Waals surface area contributed by atoms with Crippen molar-refractivity contribution in [2.45, 2.75) is 23.9 Å². The number of carbonyl (C=O) groups excluding carboxylic acids is 1. The van der Waals surface area contributed by atoms with Crippen LogP contribution in [0.3, 0.4) is 0 Å². The Bertz CT molecular complexity index is 903. The topological polar surface area (TPSA) is 73.8 Å². The Morgan fingerprint density at radius 3 is 2.54 bits per heavy atom. The van der Waals surface area contributed by atoms with Gasteiger partial charge in [-0.25, -0.2) is 0 Å². The number of Topliss-reactive ketones (excluding diaryl/α,β-unsaturated/α-hetero) is 1. The van der Waals surface area contributed by atoms with E-state index in [-0.39, 0.29) is 11.0 Å². The molecule has 1 heterocycles. The fraction of sp³-hybridized carbons (Fsp3) is 0.150. The van der Waals surface area contributed by atoms with Crippen molar-refractivity contribution in [3.05, 3.63) is 72.8 Å². The molecule has 0 fully saturated rings. The summed E-state index contributed by atoms with van der Waals surface area (Å²) >= 11 is 1.40. The number of hydrogen-bond donors (Lipinski definition) is 1. The number of anilines is 1. The van der Waals surface area contributed by atoms with Crippen LogP contribution < -0.4 is 5.73 Å². The van der Waals surface area contributed by atoms with E-state index in [1.165, 1.54) is 11.8 Å². The summed E-state index contributed by atoms with van der Waals surface area (Å²) < 4.78 is 1.96. The summed E-state index contributed by atoms with van der Waals surface area (Å²) in [5.74, 6) is 0.796. The number of carbonyl (C=O) groups is 1. The molecule has 132 valence electrons. The number of thioether (sulfide) groups is 1. The van der Waals surface area contributed by atoms with Crippen molar-refractivity contribution in [1.29, 1.82) is 0 Å². The van der Waals surface area contributed by atoms with Gasteiger partial charge in [-0.15, -0.1) is 16.8 Å². The largest absolute Gasteiger partial charge is 0.399 e. The quantitative estimate of drug-likeness (QED) is 0.296. The Hall–Kier alpha value is -2.86. The van der Waals surface area contributed by atoms with Crippen LogP contribution in [0.15, 0.2) is 72.4 Å². The molecule has 3 aromatic rings. The number of nitrogen functional groups attached to an aromatic ring is 1. The number of benzene rings is 2. The van der Waals surface area contributed by atoms with Crippen molar-refractivity contribution in [2.75, 3.05) is 5.73 Å². The van der Waals surface area contributed by atoms with Crippen LogP contribution in [0.2, 0.25) is 0 Å². The third-order valence-corrected chi connectivity index (χ3v) is 4.99. The monoisotopic (exact) mass is 364 g/mol. The summed E-state index contributed by atoms with van der Waals surface area (Å²) in [5, 5.41) is 9.02. The van der Waals surface area contributed by atoms with Crippen LogP contribution in [0.4, 0.5) is 5.69 Å². The second-order valence-corrected chi connectivity index (χ2v) is 7.13. The Kier molecular flexibility index (Phi) is 5.53. The van der Waals surface area contributed by atoms with Crippen molar-refractivity contribution in [2.24, 2.45) is 0 Å². The number of allylic oxidation sites excluding steroid dienone is 1. The maximum absolute atomic E-state index is 12.6. The van der Waals surface area contributed by atoms with Gasteiger partial charge in [0.25, 0.3) is 0 Å². The highest BCUT2D eigenvalue weighted by Crippen LogP contribution is 2.28. The molecule has 0 amide bonds. The molecule has 0 aliphatic carbocycles. The molecule has 0 aliphatic heterocycles. The van der Waals surface area contributed by atoms with Crippen LogP contribution in [0, 0.1) is 0 Å². The first-order valence-corrected chi connectivity index (χ1v) is 9.14. The molecule has 5 nitrogen and oxygen atoms in total. The molecular weight excluding hydrogens is 344 g/mol. The van der Waals surface area contributed by atoms with Crippen molar-refractivity contribution in [3.8, 4) is 11.4 Å². The van der Waals surface area contributed by atoms with Gasteiger partial charge in [0.15, 0.2) is 16.8 Å². The summed E-state index contributed by atoms with van der Waals surface area (Å²) in [5.41, 5.74) is 8.07. The molecule has 2 N–H and O–H groups in total. The molecule has 0 bridgehead atoms. The third-order valence-electron chi connectivity index (χ3n) is 3.91. The zero-order valence-corrected chi connectivity index (χ0v) is 15.3. The minimum absolute atomic E-state index is 0.0674. The second-order valence-electron chi connectivity index (χ2n) is 5.82. The molecule has 0 radical (unpaired) electrons. The molecule has 1 unspecified atom stereocenters. The smallest absolute Gasteiger partial charge is 0.192 e. The standard InChI is InChI=1S/C20H20N4OS/c1-3-13-24-19(16-9-11-17(21)12-10-16)22-23-20(24)26-14(2)18(25)15-7-5-4-6-8-15/h3-12,14H,1,13,21H2,2H3. The average molecular weight is 364 g/mol. The van der Waals surface area contributed by atoms with E-state index in [1.807, 2.05) is 66.1 Å². The Balaban J connectivity index is 1.87. The molecule has 0 saturated carbocycles. The highest BCUT2D eigenvalue weighted by molar-refractivity contribution is 8.00. The van der Waals surface area contributed by atoms with Crippen LogP contribution >= 0.6 is 11.8 Å². The number of ketones is 1. The summed E-state index contributed by atoms with van der Waals surface area (Å²) in [6.45, 7) is 6.26. The highest BCUT2D eigenvalue weighted by atomic mass is 32.2. The normalized spacial score (nSPS) is 11.9. The van der Waals surface area contributed by atoms with Gasteiger partial charge in [0.05, 0.1) is 5.25 Å². The number of nitrogens with two attached hydrogens (primary N) is 1. The minimum atomic E-state index is -0.274. The Morgan fingerprint density at radius 1 is 1.19 bits per heavy atom. The van der Waals surface area contributed by atoms with Crippen molar-refractivity contribution < 1.29 is 4.79 Å². The first-order chi connectivity index (χ1) is 12.6. The van der Waals surface area contributed by atoms with Gasteiger partial charge >= 0.3 is 0 Å². The highest BCUT2D eigenvalue weighted by Gasteiger charge is 2.21. The van der Waals surface area contributed by atoms with Gasteiger partial charge in [-0.1, -0.05) is 48.2 Å². The van der Waals surface area contributed by atoms with E-state index in [2.05, 4.69) is 16.8 Å². The molecule has 0 spiro atoms. The van der Waals surface area contributed by atoms with Crippen LogP contribution in [0.5, 0.6) is 0 Å². The fourth-order valence-corrected chi connectivity index (χ4v) is 3.50. The SMILES string of the molecule is C=CCn1c(SC(C)C(=O)c2ccccc2)nnc1-c1ccc(N)cc1. The van der Waals surface area contributed by atoms with E-state index in [0.717, 1.165) is 11.4 Å².